The van der Waals surface area contributed by atoms with Gasteiger partial charge in [0.25, 0.3) is 0 Å². The fraction of sp³-hybridized carbons (Fsp3) is 0.417. The van der Waals surface area contributed by atoms with Gasteiger partial charge in [0.15, 0.2) is 0 Å². The van der Waals surface area contributed by atoms with Gasteiger partial charge in [0, 0.05) is 12.6 Å². The Labute approximate surface area is 113 Å². The van der Waals surface area contributed by atoms with Gasteiger partial charge in [0.2, 0.25) is 0 Å². The molecule has 1 aliphatic carbocycles. The second kappa shape index (κ2) is 5.25. The Hall–Kier alpha value is -0.770. The van der Waals surface area contributed by atoms with E-state index in [1.807, 2.05) is 0 Å². The van der Waals surface area contributed by atoms with E-state index in [0.29, 0.717) is 12.6 Å². The number of aromatic nitrogens is 2. The Bertz CT molecular complexity index is 518. The van der Waals surface area contributed by atoms with Crippen molar-refractivity contribution in [2.45, 2.75) is 32.4 Å². The zero-order valence-electron chi connectivity index (χ0n) is 9.72. The number of halogens is 2. The average Bonchev–Trinajstić information content (AvgIpc) is 3.00. The van der Waals surface area contributed by atoms with Crippen LogP contribution in [0.15, 0.2) is 18.2 Å². The van der Waals surface area contributed by atoms with Crippen molar-refractivity contribution in [1.82, 2.24) is 9.55 Å². The molecule has 0 unspecified atom stereocenters. The molecule has 2 N–H and O–H groups in total. The number of fused-ring (bicyclic) bond motifs is 1. The van der Waals surface area contributed by atoms with Crippen LogP contribution in [-0.2, 0) is 6.54 Å². The van der Waals surface area contributed by atoms with Gasteiger partial charge in [-0.2, -0.15) is 0 Å². The van der Waals surface area contributed by atoms with Crippen LogP contribution in [-0.4, -0.2) is 9.55 Å². The van der Waals surface area contributed by atoms with Crippen LogP contribution in [0.2, 0.25) is 0 Å². The Balaban J connectivity index is 0.000000722. The third-order valence-corrected chi connectivity index (χ3v) is 3.08. The summed E-state index contributed by atoms with van der Waals surface area (Å²) in [7, 11) is 0. The molecule has 0 amide bonds. The lowest BCUT2D eigenvalue weighted by Crippen LogP contribution is -1.97. The first-order valence-electron chi connectivity index (χ1n) is 5.47. The first-order chi connectivity index (χ1) is 7.29. The summed E-state index contributed by atoms with van der Waals surface area (Å²) in [5.74, 6) is 1.13. The van der Waals surface area contributed by atoms with Crippen LogP contribution in [0, 0.1) is 6.92 Å². The molecule has 0 radical (unpaired) electrons. The van der Waals surface area contributed by atoms with Crippen LogP contribution < -0.4 is 5.73 Å². The number of imidazole rings is 1. The predicted octanol–water partition coefficient (Wildman–Crippen LogP) is 2.98. The zero-order chi connectivity index (χ0) is 10.4. The molecule has 3 rings (SSSR count). The fourth-order valence-corrected chi connectivity index (χ4v) is 2.19. The molecule has 1 aromatic carbocycles. The molecule has 1 aliphatic rings. The van der Waals surface area contributed by atoms with Crippen molar-refractivity contribution < 1.29 is 0 Å². The summed E-state index contributed by atoms with van der Waals surface area (Å²) >= 11 is 0. The molecular weight excluding hydrogens is 257 g/mol. The lowest BCUT2D eigenvalue weighted by molar-refractivity contribution is 0.734. The average molecular weight is 274 g/mol. The van der Waals surface area contributed by atoms with Gasteiger partial charge in [0.1, 0.15) is 5.82 Å². The highest BCUT2D eigenvalue weighted by molar-refractivity contribution is 5.85. The van der Waals surface area contributed by atoms with E-state index in [-0.39, 0.29) is 24.8 Å². The van der Waals surface area contributed by atoms with E-state index in [2.05, 4.69) is 34.7 Å². The molecule has 1 saturated carbocycles. The van der Waals surface area contributed by atoms with Crippen LogP contribution in [0.3, 0.4) is 0 Å². The molecule has 0 bridgehead atoms. The standard InChI is InChI=1S/C12H15N3.2ClH/c1-8-14-11-6-9(7-13)2-5-12(11)15(8)10-3-4-10;;/h2,5-6,10H,3-4,7,13H2,1H3;2*1H. The van der Waals surface area contributed by atoms with E-state index in [0.717, 1.165) is 16.9 Å². The predicted molar refractivity (Wildman–Crippen MR) is 75.1 cm³/mol. The van der Waals surface area contributed by atoms with E-state index in [4.69, 9.17) is 5.73 Å². The summed E-state index contributed by atoms with van der Waals surface area (Å²) in [6, 6.07) is 7.04. The van der Waals surface area contributed by atoms with Gasteiger partial charge in [-0.3, -0.25) is 0 Å². The third-order valence-electron chi connectivity index (χ3n) is 3.08. The van der Waals surface area contributed by atoms with Crippen LogP contribution in [0.25, 0.3) is 11.0 Å². The summed E-state index contributed by atoms with van der Waals surface area (Å²) in [4.78, 5) is 4.59. The van der Waals surface area contributed by atoms with E-state index >= 15 is 0 Å². The minimum Gasteiger partial charge on any atom is -0.326 e. The number of nitrogens with two attached hydrogens (primary N) is 1. The van der Waals surface area contributed by atoms with E-state index in [1.165, 1.54) is 18.4 Å². The summed E-state index contributed by atoms with van der Waals surface area (Å²) < 4.78 is 2.36. The minimum absolute atomic E-state index is 0. The Kier molecular flexibility index (Phi) is 4.42. The zero-order valence-corrected chi connectivity index (χ0v) is 11.4. The molecule has 0 spiro atoms. The van der Waals surface area contributed by atoms with Gasteiger partial charge in [-0.25, -0.2) is 4.98 Å². The fourth-order valence-electron chi connectivity index (χ4n) is 2.19. The highest BCUT2D eigenvalue weighted by Gasteiger charge is 2.26. The highest BCUT2D eigenvalue weighted by atomic mass is 35.5. The second-order valence-electron chi connectivity index (χ2n) is 4.29. The first kappa shape index (κ1) is 14.3. The topological polar surface area (TPSA) is 43.8 Å². The molecule has 3 nitrogen and oxygen atoms in total. The molecule has 94 valence electrons. The summed E-state index contributed by atoms with van der Waals surface area (Å²) in [6.07, 6.45) is 2.59. The van der Waals surface area contributed by atoms with Crippen molar-refractivity contribution in [3.63, 3.8) is 0 Å². The number of hydrogen-bond donors (Lipinski definition) is 1. The maximum atomic E-state index is 5.62. The normalized spacial score (nSPS) is 14.2. The summed E-state index contributed by atoms with van der Waals surface area (Å²) in [6.45, 7) is 2.67. The largest absolute Gasteiger partial charge is 0.326 e. The van der Waals surface area contributed by atoms with Crippen molar-refractivity contribution >= 4 is 35.8 Å². The lowest BCUT2D eigenvalue weighted by atomic mass is 10.2. The maximum Gasteiger partial charge on any atom is 0.106 e. The van der Waals surface area contributed by atoms with Gasteiger partial charge in [0.05, 0.1) is 11.0 Å². The Morgan fingerprint density at radius 1 is 1.35 bits per heavy atom. The maximum absolute atomic E-state index is 5.62. The summed E-state index contributed by atoms with van der Waals surface area (Å²) in [5.41, 5.74) is 9.12. The Morgan fingerprint density at radius 3 is 2.65 bits per heavy atom. The van der Waals surface area contributed by atoms with Gasteiger partial charge >= 0.3 is 0 Å². The van der Waals surface area contributed by atoms with E-state index < -0.39 is 0 Å². The smallest absolute Gasteiger partial charge is 0.106 e. The van der Waals surface area contributed by atoms with Gasteiger partial charge in [-0.1, -0.05) is 6.07 Å². The number of nitrogens with zero attached hydrogens (tertiary/aromatic N) is 2. The molecule has 2 aromatic rings. The van der Waals surface area contributed by atoms with E-state index in [9.17, 15) is 0 Å². The molecule has 1 fully saturated rings. The molecule has 5 heteroatoms. The van der Waals surface area contributed by atoms with Gasteiger partial charge in [-0.15, -0.1) is 24.8 Å². The molecule has 0 atom stereocenters. The SMILES string of the molecule is Cc1nc2cc(CN)ccc2n1C1CC1.Cl.Cl. The molecule has 1 heterocycles. The lowest BCUT2D eigenvalue weighted by Gasteiger charge is -2.03. The highest BCUT2D eigenvalue weighted by Crippen LogP contribution is 2.38. The van der Waals surface area contributed by atoms with E-state index in [1.54, 1.807) is 0 Å². The quantitative estimate of drug-likeness (QED) is 0.914. The monoisotopic (exact) mass is 273 g/mol. The summed E-state index contributed by atoms with van der Waals surface area (Å²) in [5, 5.41) is 0. The third kappa shape index (κ3) is 2.41. The second-order valence-corrected chi connectivity index (χ2v) is 4.29. The van der Waals surface area contributed by atoms with Crippen molar-refractivity contribution in [2.24, 2.45) is 5.73 Å². The van der Waals surface area contributed by atoms with Crippen LogP contribution in [0.1, 0.15) is 30.3 Å². The first-order valence-corrected chi connectivity index (χ1v) is 5.47. The Morgan fingerprint density at radius 2 is 2.06 bits per heavy atom. The number of benzene rings is 1. The molecule has 17 heavy (non-hydrogen) atoms. The van der Waals surface area contributed by atoms with Crippen LogP contribution >= 0.6 is 24.8 Å². The van der Waals surface area contributed by atoms with Gasteiger partial charge in [-0.05, 0) is 37.5 Å². The molecule has 0 aliphatic heterocycles. The van der Waals surface area contributed by atoms with Crippen LogP contribution in [0.4, 0.5) is 0 Å². The van der Waals surface area contributed by atoms with Gasteiger partial charge < -0.3 is 10.3 Å². The minimum atomic E-state index is 0. The number of rotatable bonds is 2. The van der Waals surface area contributed by atoms with Crippen molar-refractivity contribution in [3.8, 4) is 0 Å². The van der Waals surface area contributed by atoms with Crippen LogP contribution in [0.5, 0.6) is 0 Å². The molecule has 0 saturated heterocycles. The van der Waals surface area contributed by atoms with Crippen molar-refractivity contribution in [2.75, 3.05) is 0 Å². The molecular formula is C12H17Cl2N3. The van der Waals surface area contributed by atoms with Crippen molar-refractivity contribution in [3.05, 3.63) is 29.6 Å². The molecule has 1 aromatic heterocycles. The number of aryl methyl sites for hydroxylation is 1. The van der Waals surface area contributed by atoms with Crippen molar-refractivity contribution in [1.29, 1.82) is 0 Å². The number of hydrogen-bond acceptors (Lipinski definition) is 2.